The van der Waals surface area contributed by atoms with Crippen LogP contribution in [0.25, 0.3) is 6.08 Å². The molecule has 0 fully saturated rings. The molecule has 5 nitrogen and oxygen atoms in total. The standard InChI is InChI=1S/C22H15Br2NO4/c1-13-5-2-3-6-15(13)12-28-20-16(23)9-14(10-17(20)24)11-18-22(26)29-21(25-18)19-7-4-8-27-19/h2-11H,12H2,1H3/b18-11-. The molecule has 146 valence electrons. The third-order valence-electron chi connectivity index (χ3n) is 4.31. The van der Waals surface area contributed by atoms with Gasteiger partial charge in [-0.3, -0.25) is 0 Å². The second-order valence-electron chi connectivity index (χ2n) is 6.34. The van der Waals surface area contributed by atoms with E-state index in [0.29, 0.717) is 18.1 Å². The molecule has 2 heterocycles. The topological polar surface area (TPSA) is 61.0 Å². The lowest BCUT2D eigenvalue weighted by Gasteiger charge is -2.12. The number of aryl methyl sites for hydroxylation is 1. The lowest BCUT2D eigenvalue weighted by molar-refractivity contribution is -0.130. The third kappa shape index (κ3) is 4.36. The summed E-state index contributed by atoms with van der Waals surface area (Å²) in [6.45, 7) is 2.50. The van der Waals surface area contributed by atoms with Gasteiger partial charge in [-0.2, -0.15) is 0 Å². The molecule has 29 heavy (non-hydrogen) atoms. The smallest absolute Gasteiger partial charge is 0.363 e. The second-order valence-corrected chi connectivity index (χ2v) is 8.05. The highest BCUT2D eigenvalue weighted by molar-refractivity contribution is 9.11. The van der Waals surface area contributed by atoms with Crippen LogP contribution in [0.5, 0.6) is 5.75 Å². The van der Waals surface area contributed by atoms with Crippen molar-refractivity contribution in [2.75, 3.05) is 0 Å². The summed E-state index contributed by atoms with van der Waals surface area (Å²) in [6.07, 6.45) is 3.15. The highest BCUT2D eigenvalue weighted by Gasteiger charge is 2.26. The normalized spacial score (nSPS) is 14.8. The molecule has 1 aromatic heterocycles. The van der Waals surface area contributed by atoms with Gasteiger partial charge in [0.15, 0.2) is 11.5 Å². The fourth-order valence-corrected chi connectivity index (χ4v) is 4.25. The van der Waals surface area contributed by atoms with Crippen LogP contribution in [0.4, 0.5) is 0 Å². The number of furan rings is 1. The van der Waals surface area contributed by atoms with E-state index in [-0.39, 0.29) is 11.6 Å². The number of nitrogens with zero attached hydrogens (tertiary/aromatic N) is 1. The van der Waals surface area contributed by atoms with E-state index in [4.69, 9.17) is 13.9 Å². The average Bonchev–Trinajstić information content (AvgIpc) is 3.33. The molecule has 0 spiro atoms. The summed E-state index contributed by atoms with van der Waals surface area (Å²) in [5, 5.41) is 0. The maximum atomic E-state index is 12.1. The summed E-state index contributed by atoms with van der Waals surface area (Å²) in [5.41, 5.74) is 3.25. The van der Waals surface area contributed by atoms with Gasteiger partial charge in [0.05, 0.1) is 15.2 Å². The summed E-state index contributed by atoms with van der Waals surface area (Å²) in [6, 6.07) is 15.2. The molecule has 4 rings (SSSR count). The lowest BCUT2D eigenvalue weighted by Crippen LogP contribution is -2.04. The van der Waals surface area contributed by atoms with E-state index in [0.717, 1.165) is 20.1 Å². The molecule has 0 bridgehead atoms. The number of benzene rings is 2. The van der Waals surface area contributed by atoms with Crippen LogP contribution in [0.2, 0.25) is 0 Å². The summed E-state index contributed by atoms with van der Waals surface area (Å²) >= 11 is 7.09. The number of ether oxygens (including phenoxy) is 2. The molecule has 0 saturated heterocycles. The van der Waals surface area contributed by atoms with Crippen molar-refractivity contribution < 1.29 is 18.7 Å². The number of cyclic esters (lactones) is 1. The predicted molar refractivity (Wildman–Crippen MR) is 117 cm³/mol. The largest absolute Gasteiger partial charge is 0.487 e. The molecule has 3 aromatic rings. The van der Waals surface area contributed by atoms with Crippen molar-refractivity contribution in [3.05, 3.63) is 91.9 Å². The molecule has 0 saturated carbocycles. The zero-order valence-electron chi connectivity index (χ0n) is 15.3. The lowest BCUT2D eigenvalue weighted by atomic mass is 10.1. The average molecular weight is 517 g/mol. The van der Waals surface area contributed by atoms with Crippen LogP contribution >= 0.6 is 31.9 Å². The van der Waals surface area contributed by atoms with Crippen molar-refractivity contribution in [1.82, 2.24) is 0 Å². The number of carbonyl (C=O) groups is 1. The Balaban J connectivity index is 1.56. The Bertz CT molecular complexity index is 1110. The SMILES string of the molecule is Cc1ccccc1COc1c(Br)cc(/C=C2\N=C(c3ccco3)OC2=O)cc1Br. The van der Waals surface area contributed by atoms with E-state index in [2.05, 4.69) is 49.8 Å². The minimum atomic E-state index is -0.525. The maximum absolute atomic E-state index is 12.1. The number of halogens is 2. The Labute approximate surface area is 184 Å². The number of rotatable bonds is 5. The zero-order valence-corrected chi connectivity index (χ0v) is 18.5. The van der Waals surface area contributed by atoms with Gasteiger partial charge >= 0.3 is 5.97 Å². The first-order chi connectivity index (χ1) is 14.0. The minimum Gasteiger partial charge on any atom is -0.487 e. The van der Waals surface area contributed by atoms with Gasteiger partial charge in [0.25, 0.3) is 5.90 Å². The van der Waals surface area contributed by atoms with Crippen LogP contribution in [0.1, 0.15) is 22.5 Å². The van der Waals surface area contributed by atoms with Gasteiger partial charge in [0.2, 0.25) is 0 Å². The number of carbonyl (C=O) groups excluding carboxylic acids is 1. The molecule has 2 aromatic carbocycles. The fraction of sp³-hybridized carbons (Fsp3) is 0.0909. The Hall–Kier alpha value is -2.64. The van der Waals surface area contributed by atoms with E-state index in [1.165, 1.54) is 11.8 Å². The van der Waals surface area contributed by atoms with Gasteiger partial charge < -0.3 is 13.9 Å². The van der Waals surface area contributed by atoms with Gasteiger partial charge in [-0.25, -0.2) is 9.79 Å². The predicted octanol–water partition coefficient (Wildman–Crippen LogP) is 6.04. The Kier molecular flexibility index (Phi) is 5.69. The molecular formula is C22H15Br2NO4. The van der Waals surface area contributed by atoms with Gasteiger partial charge in [-0.05, 0) is 85.8 Å². The first-order valence-corrected chi connectivity index (χ1v) is 10.3. The van der Waals surface area contributed by atoms with E-state index >= 15 is 0 Å². The summed E-state index contributed by atoms with van der Waals surface area (Å²) in [4.78, 5) is 16.3. The number of esters is 1. The molecule has 0 radical (unpaired) electrons. The van der Waals surface area contributed by atoms with E-state index < -0.39 is 5.97 Å². The van der Waals surface area contributed by atoms with Gasteiger partial charge in [0.1, 0.15) is 12.4 Å². The summed E-state index contributed by atoms with van der Waals surface area (Å²) < 4.78 is 17.9. The van der Waals surface area contributed by atoms with E-state index in [1.807, 2.05) is 30.3 Å². The van der Waals surface area contributed by atoms with Crippen LogP contribution < -0.4 is 4.74 Å². The number of hydrogen-bond acceptors (Lipinski definition) is 5. The molecular weight excluding hydrogens is 502 g/mol. The van der Waals surface area contributed by atoms with Crippen molar-refractivity contribution in [1.29, 1.82) is 0 Å². The van der Waals surface area contributed by atoms with Crippen molar-refractivity contribution in [2.24, 2.45) is 4.99 Å². The van der Waals surface area contributed by atoms with Crippen LogP contribution in [0, 0.1) is 6.92 Å². The fourth-order valence-electron chi connectivity index (χ4n) is 2.80. The van der Waals surface area contributed by atoms with Crippen LogP contribution in [-0.2, 0) is 16.1 Å². The number of hydrogen-bond donors (Lipinski definition) is 0. The highest BCUT2D eigenvalue weighted by Crippen LogP contribution is 2.36. The van der Waals surface area contributed by atoms with Crippen molar-refractivity contribution in [3.8, 4) is 5.75 Å². The second kappa shape index (κ2) is 8.39. The van der Waals surface area contributed by atoms with Crippen molar-refractivity contribution in [3.63, 3.8) is 0 Å². The number of aliphatic imine (C=N–C) groups is 1. The van der Waals surface area contributed by atoms with Crippen molar-refractivity contribution in [2.45, 2.75) is 13.5 Å². The molecule has 7 heteroatoms. The van der Waals surface area contributed by atoms with Crippen LogP contribution in [0.3, 0.4) is 0 Å². The van der Waals surface area contributed by atoms with Gasteiger partial charge in [-0.15, -0.1) is 0 Å². The van der Waals surface area contributed by atoms with E-state index in [1.54, 1.807) is 18.2 Å². The quantitative estimate of drug-likeness (QED) is 0.306. The van der Waals surface area contributed by atoms with Crippen molar-refractivity contribution >= 4 is 49.8 Å². The molecule has 0 N–H and O–H groups in total. The summed E-state index contributed by atoms with van der Waals surface area (Å²) in [5.74, 6) is 0.722. The first-order valence-electron chi connectivity index (χ1n) is 8.74. The molecule has 0 unspecified atom stereocenters. The first kappa shape index (κ1) is 19.7. The molecule has 0 aliphatic carbocycles. The molecule has 1 aliphatic heterocycles. The van der Waals surface area contributed by atoms with Crippen LogP contribution in [0.15, 0.2) is 78.8 Å². The summed E-state index contributed by atoms with van der Waals surface area (Å²) in [7, 11) is 0. The van der Waals surface area contributed by atoms with E-state index in [9.17, 15) is 4.79 Å². The highest BCUT2D eigenvalue weighted by atomic mass is 79.9. The van der Waals surface area contributed by atoms with Gasteiger partial charge in [0, 0.05) is 0 Å². The minimum absolute atomic E-state index is 0.155. The maximum Gasteiger partial charge on any atom is 0.363 e. The monoisotopic (exact) mass is 515 g/mol. The molecule has 0 amide bonds. The Morgan fingerprint density at radius 1 is 1.10 bits per heavy atom. The third-order valence-corrected chi connectivity index (χ3v) is 5.49. The van der Waals surface area contributed by atoms with Gasteiger partial charge in [-0.1, -0.05) is 24.3 Å². The Morgan fingerprint density at radius 2 is 1.86 bits per heavy atom. The Morgan fingerprint density at radius 3 is 2.55 bits per heavy atom. The molecule has 0 atom stereocenters. The van der Waals surface area contributed by atoms with Crippen LogP contribution in [-0.4, -0.2) is 11.9 Å². The molecule has 1 aliphatic rings. The zero-order chi connectivity index (χ0) is 20.4.